The molecule has 1 aromatic carbocycles. The van der Waals surface area contributed by atoms with E-state index in [2.05, 4.69) is 37.4 Å². The predicted octanol–water partition coefficient (Wildman–Crippen LogP) is 1.33. The molecule has 1 atom stereocenters. The molecule has 1 heterocycles. The maximum atomic E-state index is 11.7. The number of hydrogen-bond donors (Lipinski definition) is 2. The molecule has 1 unspecified atom stereocenters. The van der Waals surface area contributed by atoms with Crippen LogP contribution >= 0.6 is 0 Å². The van der Waals surface area contributed by atoms with Gasteiger partial charge < -0.3 is 16.0 Å². The number of benzene rings is 1. The molecule has 0 spiro atoms. The SMILES string of the molecule is Cc1ccc(C)c(C2CNC(=O)N2CCN)c1. The summed E-state index contributed by atoms with van der Waals surface area (Å²) < 4.78 is 0. The molecule has 0 saturated carbocycles. The Morgan fingerprint density at radius 3 is 2.94 bits per heavy atom. The van der Waals surface area contributed by atoms with E-state index in [1.165, 1.54) is 16.7 Å². The van der Waals surface area contributed by atoms with Gasteiger partial charge in [-0.25, -0.2) is 4.79 Å². The zero-order chi connectivity index (χ0) is 12.4. The third-order valence-electron chi connectivity index (χ3n) is 3.25. The van der Waals surface area contributed by atoms with E-state index in [-0.39, 0.29) is 12.1 Å². The minimum absolute atomic E-state index is 0.0126. The molecule has 1 aromatic rings. The molecule has 1 aliphatic heterocycles. The van der Waals surface area contributed by atoms with Gasteiger partial charge in [0.2, 0.25) is 0 Å². The fourth-order valence-corrected chi connectivity index (χ4v) is 2.33. The monoisotopic (exact) mass is 233 g/mol. The summed E-state index contributed by atoms with van der Waals surface area (Å²) in [4.78, 5) is 13.5. The normalized spacial score (nSPS) is 19.6. The van der Waals surface area contributed by atoms with Crippen LogP contribution in [0.5, 0.6) is 0 Å². The molecule has 0 aliphatic carbocycles. The first-order valence-corrected chi connectivity index (χ1v) is 5.95. The van der Waals surface area contributed by atoms with Crippen molar-refractivity contribution in [1.82, 2.24) is 10.2 Å². The minimum atomic E-state index is -0.0126. The number of carbonyl (C=O) groups excluding carboxylic acids is 1. The topological polar surface area (TPSA) is 58.4 Å². The number of carbonyl (C=O) groups is 1. The van der Waals surface area contributed by atoms with Crippen LogP contribution in [-0.4, -0.2) is 30.6 Å². The van der Waals surface area contributed by atoms with Crippen LogP contribution in [0.4, 0.5) is 4.79 Å². The van der Waals surface area contributed by atoms with Crippen molar-refractivity contribution in [3.63, 3.8) is 0 Å². The Kier molecular flexibility index (Phi) is 3.33. The molecule has 4 nitrogen and oxygen atoms in total. The van der Waals surface area contributed by atoms with E-state index < -0.39 is 0 Å². The molecule has 4 heteroatoms. The van der Waals surface area contributed by atoms with Crippen LogP contribution in [0.25, 0.3) is 0 Å². The second-order valence-corrected chi connectivity index (χ2v) is 4.54. The first kappa shape index (κ1) is 11.9. The van der Waals surface area contributed by atoms with E-state index in [0.717, 1.165) is 0 Å². The van der Waals surface area contributed by atoms with E-state index in [1.807, 2.05) is 4.90 Å². The Morgan fingerprint density at radius 1 is 1.47 bits per heavy atom. The summed E-state index contributed by atoms with van der Waals surface area (Å²) in [5.74, 6) is 0. The van der Waals surface area contributed by atoms with Crippen LogP contribution in [-0.2, 0) is 0 Å². The van der Waals surface area contributed by atoms with E-state index in [9.17, 15) is 4.79 Å². The number of aryl methyl sites for hydroxylation is 2. The molecule has 1 aliphatic rings. The number of nitrogens with two attached hydrogens (primary N) is 1. The third kappa shape index (κ3) is 2.26. The number of nitrogens with zero attached hydrogens (tertiary/aromatic N) is 1. The second kappa shape index (κ2) is 4.75. The molecule has 0 radical (unpaired) electrons. The highest BCUT2D eigenvalue weighted by molar-refractivity contribution is 5.77. The highest BCUT2D eigenvalue weighted by Crippen LogP contribution is 2.27. The molecular formula is C13H19N3O. The van der Waals surface area contributed by atoms with Crippen LogP contribution in [0.2, 0.25) is 0 Å². The van der Waals surface area contributed by atoms with Crippen LogP contribution in [0.1, 0.15) is 22.7 Å². The van der Waals surface area contributed by atoms with E-state index >= 15 is 0 Å². The Hall–Kier alpha value is -1.55. The highest BCUT2D eigenvalue weighted by atomic mass is 16.2. The first-order chi connectivity index (χ1) is 8.13. The Bertz CT molecular complexity index is 431. The summed E-state index contributed by atoms with van der Waals surface area (Å²) in [5.41, 5.74) is 9.22. The smallest absolute Gasteiger partial charge is 0.318 e. The Balaban J connectivity index is 2.32. The molecule has 3 N–H and O–H groups in total. The van der Waals surface area contributed by atoms with Crippen LogP contribution in [0.3, 0.4) is 0 Å². The second-order valence-electron chi connectivity index (χ2n) is 4.54. The van der Waals surface area contributed by atoms with Gasteiger partial charge in [0.15, 0.2) is 0 Å². The van der Waals surface area contributed by atoms with E-state index in [1.54, 1.807) is 0 Å². The van der Waals surface area contributed by atoms with Crippen LogP contribution < -0.4 is 11.1 Å². The van der Waals surface area contributed by atoms with E-state index in [0.29, 0.717) is 19.6 Å². The molecule has 2 amide bonds. The van der Waals surface area contributed by atoms with Crippen molar-refractivity contribution in [3.8, 4) is 0 Å². The minimum Gasteiger partial charge on any atom is -0.336 e. The summed E-state index contributed by atoms with van der Waals surface area (Å²) in [7, 11) is 0. The van der Waals surface area contributed by atoms with Crippen molar-refractivity contribution in [2.75, 3.05) is 19.6 Å². The van der Waals surface area contributed by atoms with Gasteiger partial charge in [-0.15, -0.1) is 0 Å². The van der Waals surface area contributed by atoms with Crippen molar-refractivity contribution in [3.05, 3.63) is 34.9 Å². The summed E-state index contributed by atoms with van der Waals surface area (Å²) in [6, 6.07) is 6.46. The summed E-state index contributed by atoms with van der Waals surface area (Å²) in [5, 5.41) is 2.88. The van der Waals surface area contributed by atoms with Gasteiger partial charge in [-0.3, -0.25) is 0 Å². The van der Waals surface area contributed by atoms with Gasteiger partial charge in [0.05, 0.1) is 6.04 Å². The summed E-state index contributed by atoms with van der Waals surface area (Å²) in [6.07, 6.45) is 0. The highest BCUT2D eigenvalue weighted by Gasteiger charge is 2.31. The van der Waals surface area contributed by atoms with Crippen LogP contribution in [0.15, 0.2) is 18.2 Å². The standard InChI is InChI=1S/C13H19N3O/c1-9-3-4-10(2)11(7-9)12-8-15-13(17)16(12)6-5-14/h3-4,7,12H,5-6,8,14H2,1-2H3,(H,15,17). The maximum Gasteiger partial charge on any atom is 0.318 e. The van der Waals surface area contributed by atoms with Crippen molar-refractivity contribution in [1.29, 1.82) is 0 Å². The van der Waals surface area contributed by atoms with E-state index in [4.69, 9.17) is 5.73 Å². The van der Waals surface area contributed by atoms with Crippen molar-refractivity contribution in [2.24, 2.45) is 5.73 Å². The molecule has 0 aromatic heterocycles. The van der Waals surface area contributed by atoms with Gasteiger partial charge in [0.25, 0.3) is 0 Å². The number of nitrogens with one attached hydrogen (secondary N) is 1. The fourth-order valence-electron chi connectivity index (χ4n) is 2.33. The first-order valence-electron chi connectivity index (χ1n) is 5.95. The average molecular weight is 233 g/mol. The molecular weight excluding hydrogens is 214 g/mol. The quantitative estimate of drug-likeness (QED) is 0.827. The van der Waals surface area contributed by atoms with Gasteiger partial charge in [0.1, 0.15) is 0 Å². The molecule has 0 bridgehead atoms. The maximum absolute atomic E-state index is 11.7. The molecule has 2 rings (SSSR count). The number of urea groups is 1. The largest absolute Gasteiger partial charge is 0.336 e. The molecule has 17 heavy (non-hydrogen) atoms. The van der Waals surface area contributed by atoms with Gasteiger partial charge in [0, 0.05) is 19.6 Å². The van der Waals surface area contributed by atoms with Crippen molar-refractivity contribution < 1.29 is 4.79 Å². The molecule has 1 fully saturated rings. The van der Waals surface area contributed by atoms with Crippen molar-refractivity contribution in [2.45, 2.75) is 19.9 Å². The zero-order valence-corrected chi connectivity index (χ0v) is 10.4. The van der Waals surface area contributed by atoms with Gasteiger partial charge >= 0.3 is 6.03 Å². The molecule has 92 valence electrons. The fraction of sp³-hybridized carbons (Fsp3) is 0.462. The lowest BCUT2D eigenvalue weighted by Crippen LogP contribution is -2.34. The molecule has 1 saturated heterocycles. The van der Waals surface area contributed by atoms with Crippen LogP contribution in [0, 0.1) is 13.8 Å². The zero-order valence-electron chi connectivity index (χ0n) is 10.4. The summed E-state index contributed by atoms with van der Waals surface area (Å²) >= 11 is 0. The van der Waals surface area contributed by atoms with Crippen molar-refractivity contribution >= 4 is 6.03 Å². The number of amides is 2. The Morgan fingerprint density at radius 2 is 2.24 bits per heavy atom. The lowest BCUT2D eigenvalue weighted by molar-refractivity contribution is 0.205. The number of hydrogen-bond acceptors (Lipinski definition) is 2. The predicted molar refractivity (Wildman–Crippen MR) is 67.8 cm³/mol. The average Bonchev–Trinajstić information content (AvgIpc) is 2.65. The lowest BCUT2D eigenvalue weighted by atomic mass is 9.98. The van der Waals surface area contributed by atoms with Gasteiger partial charge in [-0.2, -0.15) is 0 Å². The Labute approximate surface area is 102 Å². The number of rotatable bonds is 3. The lowest BCUT2D eigenvalue weighted by Gasteiger charge is -2.24. The third-order valence-corrected chi connectivity index (χ3v) is 3.25. The van der Waals surface area contributed by atoms with Gasteiger partial charge in [-0.1, -0.05) is 23.8 Å². The summed E-state index contributed by atoms with van der Waals surface area (Å²) in [6.45, 7) is 5.92. The van der Waals surface area contributed by atoms with Gasteiger partial charge in [-0.05, 0) is 25.0 Å².